The lowest BCUT2D eigenvalue weighted by atomic mass is 9.45. The number of hydrogen-bond donors (Lipinski definition) is 0. The zero-order valence-electron chi connectivity index (χ0n) is 14.6. The summed E-state index contributed by atoms with van der Waals surface area (Å²) in [6, 6.07) is 8.94. The molecular formula is C16H16B4O6. The fourth-order valence-corrected chi connectivity index (χ4v) is 2.00. The van der Waals surface area contributed by atoms with E-state index in [0.29, 0.717) is 0 Å². The van der Waals surface area contributed by atoms with Gasteiger partial charge < -0.3 is 14.2 Å². The molecule has 0 amide bonds. The largest absolute Gasteiger partial charge is 0.480 e. The molecule has 10 heteroatoms. The Bertz CT molecular complexity index is 647. The van der Waals surface area contributed by atoms with Crippen LogP contribution in [0.25, 0.3) is 0 Å². The van der Waals surface area contributed by atoms with Gasteiger partial charge >= 0.3 is 11.9 Å². The Balaban J connectivity index is 2.58. The zero-order valence-corrected chi connectivity index (χ0v) is 14.6. The van der Waals surface area contributed by atoms with Gasteiger partial charge in [-0.3, -0.25) is 9.59 Å². The number of benzene rings is 1. The van der Waals surface area contributed by atoms with E-state index in [2.05, 4.69) is 4.74 Å². The minimum atomic E-state index is -2.19. The molecule has 0 bridgehead atoms. The van der Waals surface area contributed by atoms with Crippen molar-refractivity contribution < 1.29 is 28.6 Å². The number of esters is 3. The summed E-state index contributed by atoms with van der Waals surface area (Å²) in [6.45, 7) is 2.39. The molecule has 0 aromatic heterocycles. The van der Waals surface area contributed by atoms with Crippen LogP contribution >= 0.6 is 0 Å². The Hall–Kier alpha value is -2.11. The smallest absolute Gasteiger partial charge is 0.347 e. The van der Waals surface area contributed by atoms with Crippen LogP contribution in [0.15, 0.2) is 30.3 Å². The molecule has 26 heavy (non-hydrogen) atoms. The number of carbonyl (C=O) groups excluding carboxylic acids is 3. The van der Waals surface area contributed by atoms with Gasteiger partial charge in [0.2, 0.25) is 0 Å². The van der Waals surface area contributed by atoms with E-state index in [-0.39, 0.29) is 6.61 Å². The van der Waals surface area contributed by atoms with E-state index in [4.69, 9.17) is 40.9 Å². The third-order valence-corrected chi connectivity index (χ3v) is 3.12. The number of carbonyl (C=O) groups is 3. The first-order chi connectivity index (χ1) is 11.9. The van der Waals surface area contributed by atoms with Gasteiger partial charge in [-0.2, -0.15) is 0 Å². The lowest BCUT2D eigenvalue weighted by Crippen LogP contribution is -2.44. The molecule has 1 atom stereocenters. The van der Waals surface area contributed by atoms with Crippen LogP contribution in [0.1, 0.15) is 25.8 Å². The summed E-state index contributed by atoms with van der Waals surface area (Å²) >= 11 is 0. The normalized spacial score (nSPS) is 12.7. The Morgan fingerprint density at radius 1 is 1.08 bits per heavy atom. The van der Waals surface area contributed by atoms with E-state index in [1.807, 2.05) is 6.07 Å². The van der Waals surface area contributed by atoms with E-state index in [9.17, 15) is 14.4 Å². The van der Waals surface area contributed by atoms with Crippen molar-refractivity contribution in [1.29, 1.82) is 0 Å². The van der Waals surface area contributed by atoms with Crippen LogP contribution in [0.5, 0.6) is 0 Å². The second kappa shape index (κ2) is 9.01. The Morgan fingerprint density at radius 2 is 1.65 bits per heavy atom. The topological polar surface area (TPSA) is 78.9 Å². The molecule has 0 heterocycles. The number of rotatable bonds is 8. The van der Waals surface area contributed by atoms with Crippen LogP contribution in [0, 0.1) is 0 Å². The molecular weight excluding hydrogens is 331 g/mol. The summed E-state index contributed by atoms with van der Waals surface area (Å²) in [5.41, 5.74) is 0.767. The SMILES string of the molecule is [B]C([B])(CC([B])([B])C(=O)O[C@@H](C)C(=O)OCc1ccccc1)OC(C)=O. The molecule has 1 aromatic carbocycles. The van der Waals surface area contributed by atoms with Crippen molar-refractivity contribution in [3.8, 4) is 0 Å². The lowest BCUT2D eigenvalue weighted by molar-refractivity contribution is -0.168. The first-order valence-corrected chi connectivity index (χ1v) is 7.70. The van der Waals surface area contributed by atoms with Crippen molar-refractivity contribution in [3.05, 3.63) is 35.9 Å². The molecule has 0 saturated carbocycles. The summed E-state index contributed by atoms with van der Waals surface area (Å²) in [5, 5.41) is -4.27. The first-order valence-electron chi connectivity index (χ1n) is 7.70. The van der Waals surface area contributed by atoms with Crippen LogP contribution in [-0.2, 0) is 35.2 Å². The second-order valence-electron chi connectivity index (χ2n) is 5.91. The summed E-state index contributed by atoms with van der Waals surface area (Å²) in [4.78, 5) is 34.9. The Labute approximate surface area is 158 Å². The molecule has 128 valence electrons. The van der Waals surface area contributed by atoms with Crippen molar-refractivity contribution >= 4 is 49.3 Å². The molecule has 8 radical (unpaired) electrons. The average Bonchev–Trinajstić information content (AvgIpc) is 2.50. The summed E-state index contributed by atoms with van der Waals surface area (Å²) in [5.74, 6) is -2.73. The highest BCUT2D eigenvalue weighted by atomic mass is 16.6. The van der Waals surface area contributed by atoms with Crippen LogP contribution < -0.4 is 0 Å². The van der Waals surface area contributed by atoms with Gasteiger partial charge in [-0.15, -0.1) is 0 Å². The molecule has 0 spiro atoms. The van der Waals surface area contributed by atoms with Crippen molar-refractivity contribution in [1.82, 2.24) is 0 Å². The van der Waals surface area contributed by atoms with Gasteiger partial charge in [-0.25, -0.2) is 4.79 Å². The Kier molecular flexibility index (Phi) is 7.60. The van der Waals surface area contributed by atoms with Crippen LogP contribution in [-0.4, -0.2) is 60.8 Å². The first kappa shape index (κ1) is 21.9. The fraction of sp³-hybridized carbons (Fsp3) is 0.438. The van der Waals surface area contributed by atoms with Crippen molar-refractivity contribution in [2.75, 3.05) is 0 Å². The summed E-state index contributed by atoms with van der Waals surface area (Å²) in [6.07, 6.45) is -1.90. The van der Waals surface area contributed by atoms with E-state index in [0.717, 1.165) is 12.5 Å². The van der Waals surface area contributed by atoms with E-state index < -0.39 is 41.0 Å². The molecule has 1 aromatic rings. The highest BCUT2D eigenvalue weighted by molar-refractivity contribution is 6.51. The second-order valence-corrected chi connectivity index (χ2v) is 5.91. The van der Waals surface area contributed by atoms with E-state index in [1.165, 1.54) is 6.92 Å². The summed E-state index contributed by atoms with van der Waals surface area (Å²) < 4.78 is 14.6. The van der Waals surface area contributed by atoms with Gasteiger partial charge in [0.25, 0.3) is 5.97 Å². The van der Waals surface area contributed by atoms with Crippen LogP contribution in [0.2, 0.25) is 5.21 Å². The van der Waals surface area contributed by atoms with Gasteiger partial charge in [-0.1, -0.05) is 30.3 Å². The molecule has 6 nitrogen and oxygen atoms in total. The van der Waals surface area contributed by atoms with Gasteiger partial charge in [-0.05, 0) is 24.1 Å². The molecule has 1 rings (SSSR count). The molecule has 0 fully saturated rings. The molecule has 0 aliphatic carbocycles. The maximum absolute atomic E-state index is 12.1. The van der Waals surface area contributed by atoms with Gasteiger partial charge in [0, 0.05) is 12.3 Å². The van der Waals surface area contributed by atoms with Crippen LogP contribution in [0.4, 0.5) is 0 Å². The summed E-state index contributed by atoms with van der Waals surface area (Å²) in [7, 11) is 22.3. The van der Waals surface area contributed by atoms with Crippen molar-refractivity contribution in [3.63, 3.8) is 0 Å². The Morgan fingerprint density at radius 3 is 2.19 bits per heavy atom. The van der Waals surface area contributed by atoms with Crippen molar-refractivity contribution in [2.24, 2.45) is 0 Å². The third kappa shape index (κ3) is 7.42. The van der Waals surface area contributed by atoms with Gasteiger partial charge in [0.15, 0.2) is 6.10 Å². The number of ether oxygens (including phenoxy) is 3. The minimum absolute atomic E-state index is 0.0130. The van der Waals surface area contributed by atoms with Crippen molar-refractivity contribution in [2.45, 2.75) is 43.6 Å². The van der Waals surface area contributed by atoms with E-state index in [1.54, 1.807) is 24.3 Å². The highest BCUT2D eigenvalue weighted by Crippen LogP contribution is 2.30. The third-order valence-electron chi connectivity index (χ3n) is 3.12. The average molecular weight is 348 g/mol. The maximum atomic E-state index is 12.1. The van der Waals surface area contributed by atoms with Gasteiger partial charge in [0.1, 0.15) is 22.3 Å². The van der Waals surface area contributed by atoms with Crippen LogP contribution in [0.3, 0.4) is 0 Å². The standard InChI is InChI=1S/C16H16B4O6/c1-10(13(22)24-8-12-6-4-3-5-7-12)25-14(23)15(17,18)9-16(19,20)26-11(2)21/h3-7,10H,8-9H2,1-2H3/t10-/m0/s1. The highest BCUT2D eigenvalue weighted by Gasteiger charge is 2.37. The fourth-order valence-electron chi connectivity index (χ4n) is 2.00. The zero-order chi connectivity index (χ0) is 20.0. The molecule has 0 unspecified atom stereocenters. The lowest BCUT2D eigenvalue weighted by Gasteiger charge is -2.35. The molecule has 0 aliphatic heterocycles. The number of hydrogen-bond acceptors (Lipinski definition) is 6. The maximum Gasteiger partial charge on any atom is 0.347 e. The predicted molar refractivity (Wildman–Crippen MR) is 96.6 cm³/mol. The quantitative estimate of drug-likeness (QED) is 0.376. The molecule has 0 saturated heterocycles. The van der Waals surface area contributed by atoms with Gasteiger partial charge in [0.05, 0.1) is 15.7 Å². The van der Waals surface area contributed by atoms with E-state index >= 15 is 0 Å². The molecule has 0 aliphatic rings. The predicted octanol–water partition coefficient (Wildman–Crippen LogP) is 0.0587. The molecule has 0 N–H and O–H groups in total. The minimum Gasteiger partial charge on any atom is -0.480 e. The monoisotopic (exact) mass is 348 g/mol.